The van der Waals surface area contributed by atoms with E-state index in [1.54, 1.807) is 12.1 Å². The van der Waals surface area contributed by atoms with Crippen LogP contribution in [0.5, 0.6) is 0 Å². The van der Waals surface area contributed by atoms with Gasteiger partial charge in [-0.15, -0.1) is 0 Å². The van der Waals surface area contributed by atoms with Gasteiger partial charge in [0.15, 0.2) is 0 Å². The lowest BCUT2D eigenvalue weighted by atomic mass is 9.91. The summed E-state index contributed by atoms with van der Waals surface area (Å²) in [5.41, 5.74) is 4.35. The summed E-state index contributed by atoms with van der Waals surface area (Å²) >= 11 is 6.11. The van der Waals surface area contributed by atoms with Crippen LogP contribution in [0.15, 0.2) is 48.5 Å². The van der Waals surface area contributed by atoms with Gasteiger partial charge in [-0.05, 0) is 43.0 Å². The van der Waals surface area contributed by atoms with Crippen LogP contribution in [-0.2, 0) is 12.8 Å². The predicted octanol–water partition coefficient (Wildman–Crippen LogP) is 4.11. The van der Waals surface area contributed by atoms with E-state index < -0.39 is 0 Å². The molecular weight excluding hydrogens is 308 g/mol. The van der Waals surface area contributed by atoms with Gasteiger partial charge in [0.2, 0.25) is 0 Å². The van der Waals surface area contributed by atoms with Gasteiger partial charge in [0.1, 0.15) is 0 Å². The Morgan fingerprint density at radius 2 is 1.91 bits per heavy atom. The number of hydrogen-bond donors (Lipinski definition) is 2. The lowest BCUT2D eigenvalue weighted by Gasteiger charge is -2.24. The summed E-state index contributed by atoms with van der Waals surface area (Å²) in [7, 11) is 0. The lowest BCUT2D eigenvalue weighted by molar-refractivity contribution is 0.0934. The fourth-order valence-corrected chi connectivity index (χ4v) is 3.62. The van der Waals surface area contributed by atoms with E-state index in [0.29, 0.717) is 10.6 Å². The maximum Gasteiger partial charge on any atom is 0.253 e. The summed E-state index contributed by atoms with van der Waals surface area (Å²) in [6.07, 6.45) is 2.75. The second-order valence-corrected chi connectivity index (χ2v) is 6.43. The summed E-state index contributed by atoms with van der Waals surface area (Å²) in [6.45, 7) is 0. The quantitative estimate of drug-likeness (QED) is 0.732. The number of nitrogens with one attached hydrogen (secondary N) is 2. The molecule has 0 fully saturated rings. The van der Waals surface area contributed by atoms with Crippen LogP contribution in [0, 0.1) is 0 Å². The number of aromatic nitrogens is 1. The molecule has 0 saturated heterocycles. The van der Waals surface area contributed by atoms with Crippen LogP contribution < -0.4 is 5.32 Å². The van der Waals surface area contributed by atoms with Crippen molar-refractivity contribution in [3.05, 3.63) is 70.4 Å². The first-order valence-electron chi connectivity index (χ1n) is 7.86. The van der Waals surface area contributed by atoms with Gasteiger partial charge in [-0.25, -0.2) is 0 Å². The van der Waals surface area contributed by atoms with Gasteiger partial charge >= 0.3 is 0 Å². The number of benzene rings is 2. The highest BCUT2D eigenvalue weighted by Gasteiger charge is 2.24. The summed E-state index contributed by atoms with van der Waals surface area (Å²) in [6, 6.07) is 15.7. The summed E-state index contributed by atoms with van der Waals surface area (Å²) < 4.78 is 0. The van der Waals surface area contributed by atoms with Crippen molar-refractivity contribution >= 4 is 28.4 Å². The van der Waals surface area contributed by atoms with Crippen molar-refractivity contribution in [2.45, 2.75) is 25.3 Å². The Balaban J connectivity index is 1.56. The Labute approximate surface area is 139 Å². The molecule has 1 unspecified atom stereocenters. The first-order chi connectivity index (χ1) is 11.2. The first kappa shape index (κ1) is 14.3. The third kappa shape index (κ3) is 2.62. The van der Waals surface area contributed by atoms with Crippen LogP contribution in [0.1, 0.15) is 28.0 Å². The number of H-pyrrole nitrogens is 1. The van der Waals surface area contributed by atoms with Crippen molar-refractivity contribution in [3.8, 4) is 0 Å². The van der Waals surface area contributed by atoms with E-state index in [1.165, 1.54) is 22.2 Å². The molecule has 1 atom stereocenters. The van der Waals surface area contributed by atoms with E-state index >= 15 is 0 Å². The molecule has 4 heteroatoms. The SMILES string of the molecule is O=C(NC1CCc2[nH]c3ccccc3c2C1)c1ccccc1Cl. The molecule has 4 rings (SSSR count). The molecule has 116 valence electrons. The Morgan fingerprint density at radius 1 is 1.13 bits per heavy atom. The number of rotatable bonds is 2. The minimum atomic E-state index is -0.0936. The standard InChI is InChI=1S/C19H17ClN2O/c20-16-7-3-1-6-14(16)19(23)21-12-9-10-18-15(11-12)13-5-2-4-8-17(13)22-18/h1-8,12,22H,9-11H2,(H,21,23). The predicted molar refractivity (Wildman–Crippen MR) is 93.0 cm³/mol. The van der Waals surface area contributed by atoms with Crippen molar-refractivity contribution in [1.82, 2.24) is 10.3 Å². The smallest absolute Gasteiger partial charge is 0.253 e. The largest absolute Gasteiger partial charge is 0.358 e. The number of para-hydroxylation sites is 1. The van der Waals surface area contributed by atoms with E-state index in [-0.39, 0.29) is 11.9 Å². The van der Waals surface area contributed by atoms with Gasteiger partial charge in [0.25, 0.3) is 5.91 Å². The van der Waals surface area contributed by atoms with Crippen molar-refractivity contribution in [1.29, 1.82) is 0 Å². The van der Waals surface area contributed by atoms with Crippen molar-refractivity contribution in [3.63, 3.8) is 0 Å². The average molecular weight is 325 g/mol. The summed E-state index contributed by atoms with van der Waals surface area (Å²) in [5.74, 6) is -0.0936. The number of carbonyl (C=O) groups is 1. The van der Waals surface area contributed by atoms with Gasteiger partial charge < -0.3 is 10.3 Å². The molecule has 23 heavy (non-hydrogen) atoms. The molecule has 1 heterocycles. The van der Waals surface area contributed by atoms with Crippen molar-refractivity contribution in [2.24, 2.45) is 0 Å². The third-order valence-electron chi connectivity index (χ3n) is 4.55. The first-order valence-corrected chi connectivity index (χ1v) is 8.24. The van der Waals surface area contributed by atoms with E-state index in [9.17, 15) is 4.79 Å². The summed E-state index contributed by atoms with van der Waals surface area (Å²) in [4.78, 5) is 15.9. The topological polar surface area (TPSA) is 44.9 Å². The second kappa shape index (κ2) is 5.74. The average Bonchev–Trinajstić information content (AvgIpc) is 2.93. The number of hydrogen-bond acceptors (Lipinski definition) is 1. The second-order valence-electron chi connectivity index (χ2n) is 6.02. The van der Waals surface area contributed by atoms with E-state index in [1.807, 2.05) is 18.2 Å². The van der Waals surface area contributed by atoms with Crippen LogP contribution in [0.2, 0.25) is 5.02 Å². The minimum Gasteiger partial charge on any atom is -0.358 e. The number of aryl methyl sites for hydroxylation is 1. The molecule has 1 aromatic heterocycles. The van der Waals surface area contributed by atoms with Gasteiger partial charge in [-0.2, -0.15) is 0 Å². The molecule has 2 aromatic carbocycles. The molecular formula is C19H17ClN2O. The minimum absolute atomic E-state index is 0.0936. The molecule has 1 aliphatic rings. The Hall–Kier alpha value is -2.26. The van der Waals surface area contributed by atoms with E-state index in [2.05, 4.69) is 28.5 Å². The van der Waals surface area contributed by atoms with Crippen LogP contribution in [0.4, 0.5) is 0 Å². The fourth-order valence-electron chi connectivity index (χ4n) is 3.40. The van der Waals surface area contributed by atoms with Crippen molar-refractivity contribution < 1.29 is 4.79 Å². The van der Waals surface area contributed by atoms with E-state index in [0.717, 1.165) is 19.3 Å². The van der Waals surface area contributed by atoms with Gasteiger partial charge in [0.05, 0.1) is 10.6 Å². The fraction of sp³-hybridized carbons (Fsp3) is 0.211. The number of fused-ring (bicyclic) bond motifs is 3. The van der Waals surface area contributed by atoms with Crippen molar-refractivity contribution in [2.75, 3.05) is 0 Å². The zero-order chi connectivity index (χ0) is 15.8. The lowest BCUT2D eigenvalue weighted by Crippen LogP contribution is -2.38. The molecule has 0 radical (unpaired) electrons. The monoisotopic (exact) mass is 324 g/mol. The van der Waals surface area contributed by atoms with E-state index in [4.69, 9.17) is 11.6 Å². The third-order valence-corrected chi connectivity index (χ3v) is 4.88. The molecule has 0 saturated carbocycles. The molecule has 1 amide bonds. The number of halogens is 1. The highest BCUT2D eigenvalue weighted by Crippen LogP contribution is 2.29. The number of amides is 1. The van der Waals surface area contributed by atoms with Crippen LogP contribution >= 0.6 is 11.6 Å². The molecule has 0 aliphatic heterocycles. The molecule has 1 aliphatic carbocycles. The zero-order valence-corrected chi connectivity index (χ0v) is 13.4. The Bertz CT molecular complexity index is 884. The molecule has 0 bridgehead atoms. The number of aromatic amines is 1. The van der Waals surface area contributed by atoms with Crippen LogP contribution in [0.25, 0.3) is 10.9 Å². The molecule has 3 nitrogen and oxygen atoms in total. The maximum atomic E-state index is 12.4. The highest BCUT2D eigenvalue weighted by atomic mass is 35.5. The number of carbonyl (C=O) groups excluding carboxylic acids is 1. The highest BCUT2D eigenvalue weighted by molar-refractivity contribution is 6.33. The van der Waals surface area contributed by atoms with Gasteiger partial charge in [0, 0.05) is 22.6 Å². The molecule has 3 aromatic rings. The van der Waals surface area contributed by atoms with Crippen LogP contribution in [0.3, 0.4) is 0 Å². The zero-order valence-electron chi connectivity index (χ0n) is 12.6. The maximum absolute atomic E-state index is 12.4. The summed E-state index contributed by atoms with van der Waals surface area (Å²) in [5, 5.41) is 4.89. The van der Waals surface area contributed by atoms with Crippen LogP contribution in [-0.4, -0.2) is 16.9 Å². The van der Waals surface area contributed by atoms with Gasteiger partial charge in [-0.3, -0.25) is 4.79 Å². The normalized spacial score (nSPS) is 17.0. The molecule has 2 N–H and O–H groups in total. The van der Waals surface area contributed by atoms with Gasteiger partial charge in [-0.1, -0.05) is 41.9 Å². The Kier molecular flexibility index (Phi) is 3.58. The molecule has 0 spiro atoms. The Morgan fingerprint density at radius 3 is 2.78 bits per heavy atom.